The third-order valence-corrected chi connectivity index (χ3v) is 3.83. The van der Waals surface area contributed by atoms with Gasteiger partial charge in [0, 0.05) is 31.8 Å². The van der Waals surface area contributed by atoms with Gasteiger partial charge in [-0.05, 0) is 30.4 Å². The van der Waals surface area contributed by atoms with Crippen molar-refractivity contribution in [2.75, 3.05) is 25.4 Å². The van der Waals surface area contributed by atoms with E-state index in [1.54, 1.807) is 0 Å². The normalized spacial score (nSPS) is 17.6. The summed E-state index contributed by atoms with van der Waals surface area (Å²) in [7, 11) is 0. The molecule has 2 rings (SSSR count). The van der Waals surface area contributed by atoms with Crippen molar-refractivity contribution in [1.29, 1.82) is 0 Å². The summed E-state index contributed by atoms with van der Waals surface area (Å²) in [6.07, 6.45) is 2.38. The van der Waals surface area contributed by atoms with E-state index in [1.807, 2.05) is 29.2 Å². The summed E-state index contributed by atoms with van der Waals surface area (Å²) in [5, 5.41) is 0. The van der Waals surface area contributed by atoms with E-state index in [4.69, 9.17) is 10.5 Å². The van der Waals surface area contributed by atoms with Crippen molar-refractivity contribution in [3.8, 4) is 0 Å². The third kappa shape index (κ3) is 5.50. The van der Waals surface area contributed by atoms with Crippen molar-refractivity contribution in [2.24, 2.45) is 5.92 Å². The average Bonchev–Trinajstić information content (AvgIpc) is 2.93. The zero-order valence-electron chi connectivity index (χ0n) is 13.5. The van der Waals surface area contributed by atoms with Crippen LogP contribution in [0.4, 0.5) is 5.69 Å². The minimum Gasteiger partial charge on any atom is -0.399 e. The number of ether oxygens (including phenoxy) is 1. The molecule has 1 atom stereocenters. The predicted octanol–water partition coefficient (Wildman–Crippen LogP) is 2.90. The topological polar surface area (TPSA) is 55.6 Å². The zero-order valence-corrected chi connectivity index (χ0v) is 14.3. The molecule has 4 nitrogen and oxygen atoms in total. The zero-order chi connectivity index (χ0) is 15.2. The summed E-state index contributed by atoms with van der Waals surface area (Å²) in [5.41, 5.74) is 7.73. The molecule has 1 amide bonds. The van der Waals surface area contributed by atoms with E-state index in [9.17, 15) is 4.79 Å². The van der Waals surface area contributed by atoms with Crippen LogP contribution < -0.4 is 5.73 Å². The first kappa shape index (κ1) is 18.8. The van der Waals surface area contributed by atoms with Crippen molar-refractivity contribution >= 4 is 24.0 Å². The number of carbonyl (C=O) groups excluding carboxylic acids is 1. The number of nitrogens with zero attached hydrogens (tertiary/aromatic N) is 1. The van der Waals surface area contributed by atoms with Crippen molar-refractivity contribution in [3.05, 3.63) is 29.8 Å². The van der Waals surface area contributed by atoms with Gasteiger partial charge in [0.1, 0.15) is 0 Å². The van der Waals surface area contributed by atoms with Gasteiger partial charge in [0.15, 0.2) is 0 Å². The Morgan fingerprint density at radius 2 is 2.14 bits per heavy atom. The molecule has 1 fully saturated rings. The van der Waals surface area contributed by atoms with E-state index < -0.39 is 0 Å². The second-order valence-electron chi connectivity index (χ2n) is 6.18. The van der Waals surface area contributed by atoms with E-state index >= 15 is 0 Å². The Kier molecular flexibility index (Phi) is 7.69. The number of carbonyl (C=O) groups is 1. The van der Waals surface area contributed by atoms with E-state index in [0.717, 1.165) is 37.4 Å². The smallest absolute Gasteiger partial charge is 0.222 e. The van der Waals surface area contributed by atoms with Gasteiger partial charge < -0.3 is 15.4 Å². The van der Waals surface area contributed by atoms with Gasteiger partial charge in [-0.15, -0.1) is 12.4 Å². The highest BCUT2D eigenvalue weighted by atomic mass is 35.5. The molecule has 0 saturated carbocycles. The van der Waals surface area contributed by atoms with Gasteiger partial charge in [0.2, 0.25) is 5.91 Å². The lowest BCUT2D eigenvalue weighted by atomic mass is 10.1. The molecular weight excluding hydrogens is 300 g/mol. The molecule has 0 bridgehead atoms. The fourth-order valence-corrected chi connectivity index (χ4v) is 2.58. The molecule has 0 radical (unpaired) electrons. The number of para-hydroxylation sites is 1. The van der Waals surface area contributed by atoms with Gasteiger partial charge >= 0.3 is 0 Å². The molecule has 5 heteroatoms. The molecule has 1 aliphatic heterocycles. The summed E-state index contributed by atoms with van der Waals surface area (Å²) < 4.78 is 5.81. The second kappa shape index (κ2) is 9.01. The van der Waals surface area contributed by atoms with E-state index in [0.29, 0.717) is 18.8 Å². The lowest BCUT2D eigenvalue weighted by molar-refractivity contribution is -0.130. The molecular formula is C17H27ClN2O2. The van der Waals surface area contributed by atoms with E-state index in [-0.39, 0.29) is 24.4 Å². The highest BCUT2D eigenvalue weighted by Gasteiger charge is 2.26. The molecule has 1 saturated heterocycles. The Bertz CT molecular complexity index is 479. The number of likely N-dealkylation sites (tertiary alicyclic amines) is 1. The molecule has 22 heavy (non-hydrogen) atoms. The van der Waals surface area contributed by atoms with Gasteiger partial charge in [0.05, 0.1) is 6.10 Å². The largest absolute Gasteiger partial charge is 0.399 e. The number of nitrogen functional groups attached to an aromatic ring is 1. The Labute approximate surface area is 139 Å². The molecule has 1 aliphatic rings. The SMILES string of the molecule is CC(C)COC1CCN(C(=O)CCc2ccccc2N)C1.Cl. The summed E-state index contributed by atoms with van der Waals surface area (Å²) >= 11 is 0. The highest BCUT2D eigenvalue weighted by molar-refractivity contribution is 5.85. The summed E-state index contributed by atoms with van der Waals surface area (Å²) in [6.45, 7) is 6.60. The number of hydrogen-bond acceptors (Lipinski definition) is 3. The summed E-state index contributed by atoms with van der Waals surface area (Å²) in [6, 6.07) is 7.74. The molecule has 1 aromatic rings. The molecule has 1 unspecified atom stereocenters. The molecule has 0 aromatic heterocycles. The number of amides is 1. The molecule has 2 N–H and O–H groups in total. The quantitative estimate of drug-likeness (QED) is 0.818. The van der Waals surface area contributed by atoms with Crippen molar-refractivity contribution < 1.29 is 9.53 Å². The van der Waals surface area contributed by atoms with Crippen LogP contribution in [0.1, 0.15) is 32.3 Å². The minimum absolute atomic E-state index is 0. The number of rotatable bonds is 6. The number of halogens is 1. The van der Waals surface area contributed by atoms with Crippen LogP contribution in [0.15, 0.2) is 24.3 Å². The first-order chi connectivity index (χ1) is 10.1. The van der Waals surface area contributed by atoms with Crippen LogP contribution in [0.5, 0.6) is 0 Å². The number of anilines is 1. The highest BCUT2D eigenvalue weighted by Crippen LogP contribution is 2.17. The summed E-state index contributed by atoms with van der Waals surface area (Å²) in [4.78, 5) is 14.2. The van der Waals surface area contributed by atoms with Gasteiger partial charge in [-0.25, -0.2) is 0 Å². The number of aryl methyl sites for hydroxylation is 1. The van der Waals surface area contributed by atoms with E-state index in [1.165, 1.54) is 0 Å². The monoisotopic (exact) mass is 326 g/mol. The lowest BCUT2D eigenvalue weighted by Gasteiger charge is -2.17. The molecule has 1 heterocycles. The van der Waals surface area contributed by atoms with Gasteiger partial charge in [-0.1, -0.05) is 32.0 Å². The van der Waals surface area contributed by atoms with Crippen molar-refractivity contribution in [3.63, 3.8) is 0 Å². The Morgan fingerprint density at radius 1 is 1.41 bits per heavy atom. The van der Waals surface area contributed by atoms with Crippen LogP contribution in [-0.2, 0) is 16.0 Å². The molecule has 0 spiro atoms. The van der Waals surface area contributed by atoms with Crippen LogP contribution in [0.25, 0.3) is 0 Å². The van der Waals surface area contributed by atoms with Crippen LogP contribution in [-0.4, -0.2) is 36.6 Å². The van der Waals surface area contributed by atoms with Crippen molar-refractivity contribution in [1.82, 2.24) is 4.90 Å². The van der Waals surface area contributed by atoms with Crippen molar-refractivity contribution in [2.45, 2.75) is 39.2 Å². The minimum atomic E-state index is 0. The van der Waals surface area contributed by atoms with Crippen LogP contribution in [0, 0.1) is 5.92 Å². The number of nitrogens with two attached hydrogens (primary N) is 1. The van der Waals surface area contributed by atoms with Gasteiger partial charge in [-0.3, -0.25) is 4.79 Å². The number of hydrogen-bond donors (Lipinski definition) is 1. The van der Waals surface area contributed by atoms with Crippen LogP contribution >= 0.6 is 12.4 Å². The standard InChI is InChI=1S/C17H26N2O2.ClH/c1-13(2)12-21-15-9-10-19(11-15)17(20)8-7-14-5-3-4-6-16(14)18;/h3-6,13,15H,7-12,18H2,1-2H3;1H. The Morgan fingerprint density at radius 3 is 2.82 bits per heavy atom. The van der Waals surface area contributed by atoms with Gasteiger partial charge in [0.25, 0.3) is 0 Å². The predicted molar refractivity (Wildman–Crippen MR) is 92.2 cm³/mol. The molecule has 124 valence electrons. The van der Waals surface area contributed by atoms with Crippen LogP contribution in [0.2, 0.25) is 0 Å². The second-order valence-corrected chi connectivity index (χ2v) is 6.18. The fourth-order valence-electron chi connectivity index (χ4n) is 2.58. The molecule has 0 aliphatic carbocycles. The Balaban J connectivity index is 0.00000242. The maximum Gasteiger partial charge on any atom is 0.222 e. The third-order valence-electron chi connectivity index (χ3n) is 3.83. The average molecular weight is 327 g/mol. The summed E-state index contributed by atoms with van der Waals surface area (Å²) in [5.74, 6) is 0.740. The van der Waals surface area contributed by atoms with Crippen LogP contribution in [0.3, 0.4) is 0 Å². The fraction of sp³-hybridized carbons (Fsp3) is 0.588. The number of benzene rings is 1. The first-order valence-corrected chi connectivity index (χ1v) is 7.79. The molecule has 1 aromatic carbocycles. The van der Waals surface area contributed by atoms with Gasteiger partial charge in [-0.2, -0.15) is 0 Å². The maximum atomic E-state index is 12.2. The first-order valence-electron chi connectivity index (χ1n) is 7.79. The lowest BCUT2D eigenvalue weighted by Crippen LogP contribution is -2.30. The maximum absolute atomic E-state index is 12.2. The Hall–Kier alpha value is -1.26. The van der Waals surface area contributed by atoms with E-state index in [2.05, 4.69) is 13.8 Å².